The fraction of sp³-hybridized carbons (Fsp3) is 0.562. The Hall–Kier alpha value is -1.10. The predicted octanol–water partition coefficient (Wildman–Crippen LogP) is 2.91. The maximum Gasteiger partial charge on any atom is 0.228 e. The van der Waals surface area contributed by atoms with Crippen LogP contribution in [-0.2, 0) is 16.0 Å². The van der Waals surface area contributed by atoms with Crippen LogP contribution in [0.5, 0.6) is 0 Å². The standard InChI is InChI=1S/C16H21ClN2O2/c1-3-18-16(11-4-5-21-9(11)2)12-6-10-7-15(20)19-14(10)8-13(12)17/h6,8-9,11,16,18H,3-5,7H2,1-2H3,(H,19,20). The summed E-state index contributed by atoms with van der Waals surface area (Å²) in [6.45, 7) is 5.89. The Morgan fingerprint density at radius 2 is 2.33 bits per heavy atom. The van der Waals surface area contributed by atoms with Crippen LogP contribution in [0.3, 0.4) is 0 Å². The summed E-state index contributed by atoms with van der Waals surface area (Å²) in [6, 6.07) is 4.12. The Kier molecular flexibility index (Phi) is 4.20. The van der Waals surface area contributed by atoms with E-state index >= 15 is 0 Å². The molecule has 114 valence electrons. The van der Waals surface area contributed by atoms with E-state index in [4.69, 9.17) is 16.3 Å². The molecule has 1 fully saturated rings. The summed E-state index contributed by atoms with van der Waals surface area (Å²) >= 11 is 6.48. The van der Waals surface area contributed by atoms with E-state index in [9.17, 15) is 4.79 Å². The summed E-state index contributed by atoms with van der Waals surface area (Å²) in [5.74, 6) is 0.446. The van der Waals surface area contributed by atoms with Crippen molar-refractivity contribution in [2.24, 2.45) is 5.92 Å². The Labute approximate surface area is 130 Å². The van der Waals surface area contributed by atoms with Crippen molar-refractivity contribution >= 4 is 23.2 Å². The highest BCUT2D eigenvalue weighted by Gasteiger charge is 2.34. The minimum Gasteiger partial charge on any atom is -0.378 e. The van der Waals surface area contributed by atoms with Gasteiger partial charge in [-0.05, 0) is 37.1 Å². The summed E-state index contributed by atoms with van der Waals surface area (Å²) in [7, 11) is 0. The van der Waals surface area contributed by atoms with E-state index in [1.165, 1.54) is 0 Å². The average molecular weight is 309 g/mol. The monoisotopic (exact) mass is 308 g/mol. The van der Waals surface area contributed by atoms with E-state index < -0.39 is 0 Å². The van der Waals surface area contributed by atoms with Gasteiger partial charge in [0, 0.05) is 29.3 Å². The Morgan fingerprint density at radius 1 is 1.52 bits per heavy atom. The second-order valence-electron chi connectivity index (χ2n) is 5.82. The van der Waals surface area contributed by atoms with Crippen LogP contribution in [-0.4, -0.2) is 25.2 Å². The molecule has 2 aliphatic rings. The molecule has 21 heavy (non-hydrogen) atoms. The van der Waals surface area contributed by atoms with Crippen LogP contribution in [0.1, 0.15) is 37.4 Å². The van der Waals surface area contributed by atoms with Gasteiger partial charge in [0.1, 0.15) is 0 Å². The zero-order valence-corrected chi connectivity index (χ0v) is 13.2. The number of fused-ring (bicyclic) bond motifs is 1. The number of hydrogen-bond donors (Lipinski definition) is 2. The summed E-state index contributed by atoms with van der Waals surface area (Å²) < 4.78 is 5.71. The molecule has 1 aromatic carbocycles. The minimum atomic E-state index is 0.0378. The first-order chi connectivity index (χ1) is 10.1. The highest BCUT2D eigenvalue weighted by atomic mass is 35.5. The van der Waals surface area contributed by atoms with Gasteiger partial charge in [0.2, 0.25) is 5.91 Å². The van der Waals surface area contributed by atoms with Crippen LogP contribution in [0.4, 0.5) is 5.69 Å². The lowest BCUT2D eigenvalue weighted by Gasteiger charge is -2.28. The molecule has 0 aliphatic carbocycles. The van der Waals surface area contributed by atoms with E-state index in [2.05, 4.69) is 30.5 Å². The minimum absolute atomic E-state index is 0.0378. The van der Waals surface area contributed by atoms with Gasteiger partial charge in [0.15, 0.2) is 0 Å². The fourth-order valence-electron chi connectivity index (χ4n) is 3.40. The molecule has 4 nitrogen and oxygen atoms in total. The first kappa shape index (κ1) is 14.8. The molecule has 0 radical (unpaired) electrons. The number of halogens is 1. The first-order valence-electron chi connectivity index (χ1n) is 7.57. The normalized spacial score (nSPS) is 25.8. The number of amides is 1. The quantitative estimate of drug-likeness (QED) is 0.899. The molecule has 2 N–H and O–H groups in total. The number of hydrogen-bond acceptors (Lipinski definition) is 3. The number of nitrogens with one attached hydrogen (secondary N) is 2. The van der Waals surface area contributed by atoms with Crippen molar-refractivity contribution < 1.29 is 9.53 Å². The van der Waals surface area contributed by atoms with E-state index in [-0.39, 0.29) is 18.1 Å². The number of anilines is 1. The van der Waals surface area contributed by atoms with Gasteiger partial charge in [-0.3, -0.25) is 4.79 Å². The number of ether oxygens (including phenoxy) is 1. The molecular weight excluding hydrogens is 288 g/mol. The maximum absolute atomic E-state index is 11.5. The van der Waals surface area contributed by atoms with Crippen LogP contribution in [0.15, 0.2) is 12.1 Å². The lowest BCUT2D eigenvalue weighted by Crippen LogP contribution is -2.32. The second kappa shape index (κ2) is 5.95. The summed E-state index contributed by atoms with van der Waals surface area (Å²) in [5, 5.41) is 7.10. The fourth-order valence-corrected chi connectivity index (χ4v) is 3.68. The summed E-state index contributed by atoms with van der Waals surface area (Å²) in [4.78, 5) is 11.5. The molecule has 3 atom stereocenters. The lowest BCUT2D eigenvalue weighted by atomic mass is 9.87. The third kappa shape index (κ3) is 2.80. The summed E-state index contributed by atoms with van der Waals surface area (Å²) in [6.07, 6.45) is 1.69. The molecule has 0 saturated carbocycles. The van der Waals surface area contributed by atoms with Crippen LogP contribution < -0.4 is 10.6 Å². The van der Waals surface area contributed by atoms with Gasteiger partial charge >= 0.3 is 0 Å². The first-order valence-corrected chi connectivity index (χ1v) is 7.95. The lowest BCUT2D eigenvalue weighted by molar-refractivity contribution is -0.115. The van der Waals surface area contributed by atoms with Crippen LogP contribution in [0.2, 0.25) is 5.02 Å². The van der Waals surface area contributed by atoms with Crippen molar-refractivity contribution in [3.05, 3.63) is 28.3 Å². The zero-order valence-electron chi connectivity index (χ0n) is 12.4. The molecule has 5 heteroatoms. The number of carbonyl (C=O) groups is 1. The van der Waals surface area contributed by atoms with Crippen molar-refractivity contribution in [3.8, 4) is 0 Å². The van der Waals surface area contributed by atoms with Crippen LogP contribution in [0.25, 0.3) is 0 Å². The molecule has 1 amide bonds. The third-order valence-corrected chi connectivity index (χ3v) is 4.80. The molecular formula is C16H21ClN2O2. The second-order valence-corrected chi connectivity index (χ2v) is 6.23. The van der Waals surface area contributed by atoms with Gasteiger partial charge < -0.3 is 15.4 Å². The molecule has 2 aliphatic heterocycles. The van der Waals surface area contributed by atoms with E-state index in [1.807, 2.05) is 6.07 Å². The van der Waals surface area contributed by atoms with Crippen molar-refractivity contribution in [2.75, 3.05) is 18.5 Å². The molecule has 0 spiro atoms. The molecule has 0 aromatic heterocycles. The van der Waals surface area contributed by atoms with Gasteiger partial charge in [-0.15, -0.1) is 0 Å². The highest BCUT2D eigenvalue weighted by molar-refractivity contribution is 6.32. The largest absolute Gasteiger partial charge is 0.378 e. The van der Waals surface area contributed by atoms with Crippen LogP contribution in [0, 0.1) is 5.92 Å². The van der Waals surface area contributed by atoms with Gasteiger partial charge in [0.25, 0.3) is 0 Å². The van der Waals surface area contributed by atoms with Gasteiger partial charge in [0.05, 0.1) is 12.5 Å². The Bertz CT molecular complexity index is 561. The average Bonchev–Trinajstić information content (AvgIpc) is 3.00. The van der Waals surface area contributed by atoms with Crippen molar-refractivity contribution in [2.45, 2.75) is 38.8 Å². The number of rotatable bonds is 4. The molecule has 1 saturated heterocycles. The highest BCUT2D eigenvalue weighted by Crippen LogP contribution is 2.39. The van der Waals surface area contributed by atoms with Gasteiger partial charge in [-0.1, -0.05) is 24.6 Å². The predicted molar refractivity (Wildman–Crippen MR) is 83.7 cm³/mol. The molecule has 1 aromatic rings. The SMILES string of the molecule is CCNC(c1cc2c(cc1Cl)NC(=O)C2)C1CCOC1C. The number of carbonyl (C=O) groups excluding carboxylic acids is 1. The topological polar surface area (TPSA) is 50.4 Å². The molecule has 3 unspecified atom stereocenters. The van der Waals surface area contributed by atoms with Crippen molar-refractivity contribution in [1.82, 2.24) is 5.32 Å². The van der Waals surface area contributed by atoms with Crippen LogP contribution >= 0.6 is 11.6 Å². The van der Waals surface area contributed by atoms with E-state index in [0.717, 1.165) is 36.4 Å². The van der Waals surface area contributed by atoms with Crippen molar-refractivity contribution in [3.63, 3.8) is 0 Å². The summed E-state index contributed by atoms with van der Waals surface area (Å²) in [5.41, 5.74) is 2.96. The number of benzene rings is 1. The molecule has 2 heterocycles. The Balaban J connectivity index is 1.96. The maximum atomic E-state index is 11.5. The zero-order chi connectivity index (χ0) is 15.0. The van der Waals surface area contributed by atoms with E-state index in [0.29, 0.717) is 17.4 Å². The molecule has 3 rings (SSSR count). The Morgan fingerprint density at radius 3 is 3.00 bits per heavy atom. The smallest absolute Gasteiger partial charge is 0.228 e. The van der Waals surface area contributed by atoms with Gasteiger partial charge in [-0.2, -0.15) is 0 Å². The van der Waals surface area contributed by atoms with Gasteiger partial charge in [-0.25, -0.2) is 0 Å². The third-order valence-electron chi connectivity index (χ3n) is 4.47. The molecule has 0 bridgehead atoms. The van der Waals surface area contributed by atoms with Crippen molar-refractivity contribution in [1.29, 1.82) is 0 Å². The van der Waals surface area contributed by atoms with E-state index in [1.54, 1.807) is 0 Å².